The van der Waals surface area contributed by atoms with Gasteiger partial charge in [0.05, 0.1) is 12.5 Å². The van der Waals surface area contributed by atoms with Gasteiger partial charge in [-0.25, -0.2) is 4.39 Å². The predicted octanol–water partition coefficient (Wildman–Crippen LogP) is 4.34. The third-order valence-electron chi connectivity index (χ3n) is 5.44. The Kier molecular flexibility index (Phi) is 7.15. The molecule has 32 heavy (non-hydrogen) atoms. The van der Waals surface area contributed by atoms with Crippen LogP contribution in [-0.2, 0) is 17.8 Å². The van der Waals surface area contributed by atoms with E-state index in [-0.39, 0.29) is 18.3 Å². The number of benzene rings is 2. The smallest absolute Gasteiger partial charge is 0.260 e. The third-order valence-corrected chi connectivity index (χ3v) is 6.56. The second-order valence-electron chi connectivity index (χ2n) is 7.70. The summed E-state index contributed by atoms with van der Waals surface area (Å²) in [6.07, 6.45) is 0.362. The van der Waals surface area contributed by atoms with Crippen molar-refractivity contribution in [3.05, 3.63) is 76.9 Å². The van der Waals surface area contributed by atoms with Gasteiger partial charge in [-0.05, 0) is 47.5 Å². The lowest BCUT2D eigenvalue weighted by Gasteiger charge is -2.34. The molecule has 164 valence electrons. The molecule has 0 aliphatic carbocycles. The lowest BCUT2D eigenvalue weighted by Crippen LogP contribution is -2.49. The zero-order valence-electron chi connectivity index (χ0n) is 17.7. The number of nitriles is 1. The van der Waals surface area contributed by atoms with Gasteiger partial charge in [-0.3, -0.25) is 9.69 Å². The minimum Gasteiger partial charge on any atom is -0.484 e. The third kappa shape index (κ3) is 5.72. The number of thiophene rings is 1. The number of hydrogen-bond donors (Lipinski definition) is 0. The summed E-state index contributed by atoms with van der Waals surface area (Å²) in [5.41, 5.74) is 1.83. The summed E-state index contributed by atoms with van der Waals surface area (Å²) in [6.45, 7) is 3.80. The number of carbonyl (C=O) groups excluding carboxylic acids is 1. The summed E-state index contributed by atoms with van der Waals surface area (Å²) in [5, 5.41) is 8.72. The molecular formula is C25H24FN3O2S. The molecule has 4 rings (SSSR count). The van der Waals surface area contributed by atoms with Gasteiger partial charge in [0.1, 0.15) is 11.6 Å². The van der Waals surface area contributed by atoms with Gasteiger partial charge in [0, 0.05) is 42.5 Å². The van der Waals surface area contributed by atoms with E-state index in [9.17, 15) is 9.18 Å². The number of rotatable bonds is 7. The molecule has 5 nitrogen and oxygen atoms in total. The Labute approximate surface area is 191 Å². The topological polar surface area (TPSA) is 56.6 Å². The molecule has 0 saturated carbocycles. The lowest BCUT2D eigenvalue weighted by atomic mass is 10.2. The minimum atomic E-state index is -0.224. The fourth-order valence-corrected chi connectivity index (χ4v) is 4.71. The molecule has 0 unspecified atom stereocenters. The van der Waals surface area contributed by atoms with Crippen LogP contribution in [0.15, 0.2) is 60.7 Å². The van der Waals surface area contributed by atoms with Gasteiger partial charge in [0.15, 0.2) is 6.61 Å². The maximum atomic E-state index is 13.5. The molecule has 2 heterocycles. The van der Waals surface area contributed by atoms with E-state index in [1.165, 1.54) is 10.9 Å². The molecular weight excluding hydrogens is 425 g/mol. The fraction of sp³-hybridized carbons (Fsp3) is 0.280. The van der Waals surface area contributed by atoms with Crippen molar-refractivity contribution in [1.29, 1.82) is 5.26 Å². The molecule has 1 amide bonds. The van der Waals surface area contributed by atoms with E-state index >= 15 is 0 Å². The molecule has 1 aromatic heterocycles. The van der Waals surface area contributed by atoms with Crippen LogP contribution in [0.2, 0.25) is 0 Å². The van der Waals surface area contributed by atoms with Crippen LogP contribution >= 0.6 is 11.3 Å². The van der Waals surface area contributed by atoms with Crippen LogP contribution in [0, 0.1) is 17.1 Å². The molecule has 0 N–H and O–H groups in total. The van der Waals surface area contributed by atoms with E-state index in [0.29, 0.717) is 25.3 Å². The summed E-state index contributed by atoms with van der Waals surface area (Å²) >= 11 is 1.68. The molecule has 7 heteroatoms. The van der Waals surface area contributed by atoms with Crippen molar-refractivity contribution < 1.29 is 13.9 Å². The van der Waals surface area contributed by atoms with E-state index in [4.69, 9.17) is 10.00 Å². The van der Waals surface area contributed by atoms with Gasteiger partial charge in [0.2, 0.25) is 0 Å². The number of ether oxygens (including phenoxy) is 1. The highest BCUT2D eigenvalue weighted by Crippen LogP contribution is 2.29. The number of piperazine rings is 1. The Morgan fingerprint density at radius 1 is 1.06 bits per heavy atom. The summed E-state index contributed by atoms with van der Waals surface area (Å²) < 4.78 is 19.1. The monoisotopic (exact) mass is 449 g/mol. The van der Waals surface area contributed by atoms with Crippen LogP contribution in [0.3, 0.4) is 0 Å². The molecule has 0 radical (unpaired) electrons. The van der Waals surface area contributed by atoms with Gasteiger partial charge < -0.3 is 9.64 Å². The first-order valence-electron chi connectivity index (χ1n) is 10.5. The van der Waals surface area contributed by atoms with Crippen LogP contribution in [0.1, 0.15) is 10.4 Å². The fourth-order valence-electron chi connectivity index (χ4n) is 3.67. The largest absolute Gasteiger partial charge is 0.484 e. The van der Waals surface area contributed by atoms with Crippen LogP contribution < -0.4 is 4.74 Å². The van der Waals surface area contributed by atoms with Crippen molar-refractivity contribution in [2.75, 3.05) is 32.8 Å². The van der Waals surface area contributed by atoms with E-state index < -0.39 is 0 Å². The average Bonchev–Trinajstić information content (AvgIpc) is 3.28. The SMILES string of the molecule is N#CCc1ccc(OCC(=O)N2CCN(Cc3ccc(-c4cccc(F)c4)s3)CC2)cc1. The van der Waals surface area contributed by atoms with Crippen molar-refractivity contribution in [1.82, 2.24) is 9.80 Å². The maximum absolute atomic E-state index is 13.5. The quantitative estimate of drug-likeness (QED) is 0.538. The van der Waals surface area contributed by atoms with E-state index in [1.807, 2.05) is 29.2 Å². The molecule has 2 aromatic carbocycles. The van der Waals surface area contributed by atoms with Gasteiger partial charge in [-0.15, -0.1) is 11.3 Å². The molecule has 3 aromatic rings. The molecule has 0 bridgehead atoms. The highest BCUT2D eigenvalue weighted by molar-refractivity contribution is 7.15. The standard InChI is InChI=1S/C25H24FN3O2S/c26-21-3-1-2-20(16-21)24-9-8-23(32-24)17-28-12-14-29(15-13-28)25(30)18-31-22-6-4-19(5-7-22)10-11-27/h1-9,16H,10,12-15,17-18H2. The average molecular weight is 450 g/mol. The summed E-state index contributed by atoms with van der Waals surface area (Å²) in [5.74, 6) is 0.388. The Bertz CT molecular complexity index is 1100. The second kappa shape index (κ2) is 10.4. The zero-order valence-corrected chi connectivity index (χ0v) is 18.5. The molecule has 1 saturated heterocycles. The molecule has 1 aliphatic heterocycles. The van der Waals surface area contributed by atoms with Crippen molar-refractivity contribution in [2.45, 2.75) is 13.0 Å². The molecule has 1 fully saturated rings. The second-order valence-corrected chi connectivity index (χ2v) is 8.87. The van der Waals surface area contributed by atoms with Crippen LogP contribution in [-0.4, -0.2) is 48.5 Å². The van der Waals surface area contributed by atoms with Crippen LogP contribution in [0.25, 0.3) is 10.4 Å². The number of hydrogen-bond acceptors (Lipinski definition) is 5. The number of nitrogens with zero attached hydrogens (tertiary/aromatic N) is 3. The summed E-state index contributed by atoms with van der Waals surface area (Å²) in [6, 6.07) is 20.2. The Morgan fingerprint density at radius 3 is 2.56 bits per heavy atom. The molecule has 1 aliphatic rings. The number of amides is 1. The van der Waals surface area contributed by atoms with E-state index in [0.717, 1.165) is 35.6 Å². The Morgan fingerprint density at radius 2 is 1.84 bits per heavy atom. The summed E-state index contributed by atoms with van der Waals surface area (Å²) in [4.78, 5) is 19.0. The van der Waals surface area contributed by atoms with Gasteiger partial charge in [-0.1, -0.05) is 24.3 Å². The van der Waals surface area contributed by atoms with Crippen molar-refractivity contribution in [3.63, 3.8) is 0 Å². The van der Waals surface area contributed by atoms with Crippen molar-refractivity contribution >= 4 is 17.2 Å². The Balaban J connectivity index is 1.23. The minimum absolute atomic E-state index is 0.0134. The first kappa shape index (κ1) is 22.0. The van der Waals surface area contributed by atoms with Crippen LogP contribution in [0.5, 0.6) is 5.75 Å². The van der Waals surface area contributed by atoms with Gasteiger partial charge in [0.25, 0.3) is 5.91 Å². The van der Waals surface area contributed by atoms with Crippen LogP contribution in [0.4, 0.5) is 4.39 Å². The maximum Gasteiger partial charge on any atom is 0.260 e. The number of halogens is 1. The highest BCUT2D eigenvalue weighted by Gasteiger charge is 2.22. The van der Waals surface area contributed by atoms with Crippen molar-refractivity contribution in [2.24, 2.45) is 0 Å². The first-order valence-corrected chi connectivity index (χ1v) is 11.4. The lowest BCUT2D eigenvalue weighted by molar-refractivity contribution is -0.135. The summed E-state index contributed by atoms with van der Waals surface area (Å²) in [7, 11) is 0. The normalized spacial score (nSPS) is 14.2. The Hall–Kier alpha value is -3.21. The highest BCUT2D eigenvalue weighted by atomic mass is 32.1. The zero-order chi connectivity index (χ0) is 22.3. The van der Waals surface area contributed by atoms with Gasteiger partial charge in [-0.2, -0.15) is 5.26 Å². The van der Waals surface area contributed by atoms with Gasteiger partial charge >= 0.3 is 0 Å². The van der Waals surface area contributed by atoms with E-state index in [1.54, 1.807) is 35.6 Å². The molecule has 0 atom stereocenters. The first-order chi connectivity index (χ1) is 15.6. The van der Waals surface area contributed by atoms with Crippen molar-refractivity contribution in [3.8, 4) is 22.3 Å². The predicted molar refractivity (Wildman–Crippen MR) is 123 cm³/mol. The van der Waals surface area contributed by atoms with E-state index in [2.05, 4.69) is 17.0 Å². The number of carbonyl (C=O) groups is 1. The molecule has 0 spiro atoms.